The Bertz CT molecular complexity index is 431. The molecule has 0 saturated carbocycles. The van der Waals surface area contributed by atoms with Crippen LogP contribution in [0.5, 0.6) is 11.5 Å². The molecule has 0 radical (unpaired) electrons. The Morgan fingerprint density at radius 3 is 2.13 bits per heavy atom. The molecule has 0 atom stereocenters. The van der Waals surface area contributed by atoms with Crippen molar-refractivity contribution in [2.75, 3.05) is 7.11 Å². The number of carboxylic acids is 1. The molecule has 1 rings (SSSR count). The second kappa shape index (κ2) is 4.35. The first-order valence-corrected chi connectivity index (χ1v) is 4.71. The van der Waals surface area contributed by atoms with Gasteiger partial charge < -0.3 is 14.9 Å². The molecule has 4 nitrogen and oxygen atoms in total. The van der Waals surface area contributed by atoms with Crippen LogP contribution >= 0.6 is 34.8 Å². The Balaban J connectivity index is 3.68. The van der Waals surface area contributed by atoms with Gasteiger partial charge in [-0.1, -0.05) is 34.8 Å². The summed E-state index contributed by atoms with van der Waals surface area (Å²) in [5.74, 6) is -2.06. The van der Waals surface area contributed by atoms with Crippen LogP contribution in [0.2, 0.25) is 15.1 Å². The lowest BCUT2D eigenvalue weighted by atomic mass is 10.2. The lowest BCUT2D eigenvalue weighted by Crippen LogP contribution is -2.01. The third-order valence-corrected chi connectivity index (χ3v) is 2.88. The molecule has 0 saturated heterocycles. The van der Waals surface area contributed by atoms with Crippen molar-refractivity contribution in [1.82, 2.24) is 0 Å². The van der Waals surface area contributed by atoms with E-state index in [1.54, 1.807) is 0 Å². The zero-order valence-corrected chi connectivity index (χ0v) is 9.61. The van der Waals surface area contributed by atoms with E-state index >= 15 is 0 Å². The van der Waals surface area contributed by atoms with E-state index in [4.69, 9.17) is 44.6 Å². The number of phenolic OH excluding ortho intramolecular Hbond substituents is 1. The number of carboxylic acid groups (broad SMARTS) is 1. The summed E-state index contributed by atoms with van der Waals surface area (Å²) in [4.78, 5) is 10.8. The maximum Gasteiger partial charge on any atom is 0.338 e. The average Bonchev–Trinajstić information content (AvgIpc) is 2.15. The smallest absolute Gasteiger partial charge is 0.338 e. The summed E-state index contributed by atoms with van der Waals surface area (Å²) >= 11 is 16.9. The van der Waals surface area contributed by atoms with Crippen LogP contribution in [-0.2, 0) is 0 Å². The fourth-order valence-electron chi connectivity index (χ4n) is 1.00. The van der Waals surface area contributed by atoms with Gasteiger partial charge in [0.2, 0.25) is 0 Å². The van der Waals surface area contributed by atoms with Crippen molar-refractivity contribution in [3.8, 4) is 11.5 Å². The van der Waals surface area contributed by atoms with Crippen molar-refractivity contribution in [3.05, 3.63) is 20.6 Å². The average molecular weight is 271 g/mol. The molecule has 82 valence electrons. The number of aromatic hydroxyl groups is 1. The predicted molar refractivity (Wildman–Crippen MR) is 56.6 cm³/mol. The standard InChI is InChI=1S/C8H5Cl3O4/c1-15-7-4(10)2(8(13)14)3(9)5(11)6(7)12/h12H,1H3,(H,13,14). The van der Waals surface area contributed by atoms with E-state index in [2.05, 4.69) is 0 Å². The van der Waals surface area contributed by atoms with Crippen LogP contribution in [0, 0.1) is 0 Å². The minimum atomic E-state index is -1.36. The molecule has 0 heterocycles. The number of rotatable bonds is 2. The minimum Gasteiger partial charge on any atom is -0.503 e. The Morgan fingerprint density at radius 1 is 1.20 bits per heavy atom. The topological polar surface area (TPSA) is 66.8 Å². The number of halogens is 3. The van der Waals surface area contributed by atoms with Crippen molar-refractivity contribution in [2.24, 2.45) is 0 Å². The maximum absolute atomic E-state index is 10.8. The number of benzene rings is 1. The molecule has 1 aromatic carbocycles. The monoisotopic (exact) mass is 270 g/mol. The highest BCUT2D eigenvalue weighted by molar-refractivity contribution is 6.47. The van der Waals surface area contributed by atoms with Crippen LogP contribution in [0.4, 0.5) is 0 Å². The zero-order valence-electron chi connectivity index (χ0n) is 7.34. The number of hydrogen-bond donors (Lipinski definition) is 2. The van der Waals surface area contributed by atoms with Crippen molar-refractivity contribution in [1.29, 1.82) is 0 Å². The van der Waals surface area contributed by atoms with E-state index in [0.29, 0.717) is 0 Å². The molecule has 0 aliphatic carbocycles. The first-order valence-electron chi connectivity index (χ1n) is 3.58. The highest BCUT2D eigenvalue weighted by Crippen LogP contribution is 2.47. The Hall–Kier alpha value is -0.840. The first-order chi connectivity index (χ1) is 6.91. The number of ether oxygens (including phenoxy) is 1. The van der Waals surface area contributed by atoms with Gasteiger partial charge in [-0.2, -0.15) is 0 Å². The maximum atomic E-state index is 10.8. The van der Waals surface area contributed by atoms with Gasteiger partial charge in [-0.25, -0.2) is 4.79 Å². The molecule has 1 aromatic rings. The summed E-state index contributed by atoms with van der Waals surface area (Å²) < 4.78 is 4.71. The largest absolute Gasteiger partial charge is 0.503 e. The van der Waals surface area contributed by atoms with E-state index in [1.807, 2.05) is 0 Å². The minimum absolute atomic E-state index is 0.219. The normalized spacial score (nSPS) is 10.1. The SMILES string of the molecule is COc1c(O)c(Cl)c(Cl)c(C(=O)O)c1Cl. The quantitative estimate of drug-likeness (QED) is 0.811. The molecule has 0 amide bonds. The molecular weight excluding hydrogens is 266 g/mol. The Labute approximate surface area is 99.9 Å². The van der Waals surface area contributed by atoms with Crippen molar-refractivity contribution in [2.45, 2.75) is 0 Å². The second-order valence-corrected chi connectivity index (χ2v) is 3.64. The fourth-order valence-corrected chi connectivity index (χ4v) is 1.84. The van der Waals surface area contributed by atoms with E-state index in [9.17, 15) is 9.90 Å². The van der Waals surface area contributed by atoms with E-state index < -0.39 is 17.3 Å². The first kappa shape index (κ1) is 12.2. The summed E-state index contributed by atoms with van der Waals surface area (Å²) in [5.41, 5.74) is -0.405. The van der Waals surface area contributed by atoms with Gasteiger partial charge in [-0.05, 0) is 0 Å². The zero-order chi connectivity index (χ0) is 11.7. The summed E-state index contributed by atoms with van der Waals surface area (Å²) in [6.07, 6.45) is 0. The molecule has 15 heavy (non-hydrogen) atoms. The van der Waals surface area contributed by atoms with E-state index in [-0.39, 0.29) is 20.8 Å². The molecule has 0 aliphatic heterocycles. The van der Waals surface area contributed by atoms with Crippen LogP contribution in [-0.4, -0.2) is 23.3 Å². The summed E-state index contributed by atoms with van der Waals surface area (Å²) in [6, 6.07) is 0. The summed E-state index contributed by atoms with van der Waals surface area (Å²) in [6.45, 7) is 0. The highest BCUT2D eigenvalue weighted by Gasteiger charge is 2.25. The van der Waals surface area contributed by atoms with Crippen LogP contribution in [0.15, 0.2) is 0 Å². The van der Waals surface area contributed by atoms with Gasteiger partial charge in [0.05, 0.1) is 12.1 Å². The van der Waals surface area contributed by atoms with Crippen molar-refractivity contribution >= 4 is 40.8 Å². The van der Waals surface area contributed by atoms with Crippen LogP contribution < -0.4 is 4.74 Å². The van der Waals surface area contributed by atoms with Gasteiger partial charge >= 0.3 is 5.97 Å². The lowest BCUT2D eigenvalue weighted by molar-refractivity contribution is 0.0697. The molecule has 0 unspecified atom stereocenters. The number of methoxy groups -OCH3 is 1. The third kappa shape index (κ3) is 1.93. The number of carbonyl (C=O) groups is 1. The molecular formula is C8H5Cl3O4. The number of phenols is 1. The molecule has 0 aliphatic rings. The van der Waals surface area contributed by atoms with Crippen LogP contribution in [0.1, 0.15) is 10.4 Å². The van der Waals surface area contributed by atoms with Gasteiger partial charge in [-0.3, -0.25) is 0 Å². The van der Waals surface area contributed by atoms with Gasteiger partial charge in [0.25, 0.3) is 0 Å². The molecule has 7 heteroatoms. The fraction of sp³-hybridized carbons (Fsp3) is 0.125. The van der Waals surface area contributed by atoms with E-state index in [0.717, 1.165) is 0 Å². The molecule has 0 aromatic heterocycles. The molecule has 0 fully saturated rings. The number of hydrogen-bond acceptors (Lipinski definition) is 3. The summed E-state index contributed by atoms with van der Waals surface area (Å²) in [7, 11) is 1.22. The predicted octanol–water partition coefficient (Wildman–Crippen LogP) is 3.06. The van der Waals surface area contributed by atoms with Gasteiger partial charge in [0.15, 0.2) is 11.5 Å². The second-order valence-electron chi connectivity index (χ2n) is 2.50. The highest BCUT2D eigenvalue weighted by atomic mass is 35.5. The third-order valence-electron chi connectivity index (χ3n) is 1.67. The lowest BCUT2D eigenvalue weighted by Gasteiger charge is -2.11. The molecule has 0 spiro atoms. The van der Waals surface area contributed by atoms with Crippen molar-refractivity contribution < 1.29 is 19.7 Å². The molecule has 0 bridgehead atoms. The van der Waals surface area contributed by atoms with Gasteiger partial charge in [0, 0.05) is 0 Å². The van der Waals surface area contributed by atoms with Crippen LogP contribution in [0.3, 0.4) is 0 Å². The van der Waals surface area contributed by atoms with E-state index in [1.165, 1.54) is 7.11 Å². The Kier molecular flexibility index (Phi) is 3.54. The van der Waals surface area contributed by atoms with Crippen molar-refractivity contribution in [3.63, 3.8) is 0 Å². The van der Waals surface area contributed by atoms with Crippen LogP contribution in [0.25, 0.3) is 0 Å². The molecule has 2 N–H and O–H groups in total. The van der Waals surface area contributed by atoms with Gasteiger partial charge in [0.1, 0.15) is 15.6 Å². The summed E-state index contributed by atoms with van der Waals surface area (Å²) in [5, 5.41) is 17.3. The number of aromatic carboxylic acids is 1. The Morgan fingerprint density at radius 2 is 1.73 bits per heavy atom. The van der Waals surface area contributed by atoms with Gasteiger partial charge in [-0.15, -0.1) is 0 Å².